The highest BCUT2D eigenvalue weighted by Gasteiger charge is 2.12. The second kappa shape index (κ2) is 6.68. The van der Waals surface area contributed by atoms with E-state index in [4.69, 9.17) is 0 Å². The van der Waals surface area contributed by atoms with Gasteiger partial charge in [0.15, 0.2) is 0 Å². The average Bonchev–Trinajstić information content (AvgIpc) is 2.59. The fraction of sp³-hybridized carbons (Fsp3) is 0.0526. The SMILES string of the molecule is ON=C(c1cccnc1)c1ccccc1Cc1ccccc1. The van der Waals surface area contributed by atoms with Gasteiger partial charge in [0.25, 0.3) is 0 Å². The van der Waals surface area contributed by atoms with Crippen molar-refractivity contribution in [2.45, 2.75) is 6.42 Å². The maximum Gasteiger partial charge on any atom is 0.118 e. The fourth-order valence-electron chi connectivity index (χ4n) is 2.49. The molecular formula is C19H16N2O. The smallest absolute Gasteiger partial charge is 0.118 e. The zero-order valence-electron chi connectivity index (χ0n) is 12.1. The van der Waals surface area contributed by atoms with Crippen LogP contribution in [0.2, 0.25) is 0 Å². The zero-order valence-corrected chi connectivity index (χ0v) is 12.1. The van der Waals surface area contributed by atoms with Crippen LogP contribution in [-0.2, 0) is 6.42 Å². The van der Waals surface area contributed by atoms with E-state index in [0.29, 0.717) is 5.71 Å². The normalized spacial score (nSPS) is 11.4. The summed E-state index contributed by atoms with van der Waals surface area (Å²) < 4.78 is 0. The minimum Gasteiger partial charge on any atom is -0.410 e. The quantitative estimate of drug-likeness (QED) is 0.449. The number of rotatable bonds is 4. The third-order valence-electron chi connectivity index (χ3n) is 3.54. The number of nitrogens with zero attached hydrogens (tertiary/aromatic N) is 2. The lowest BCUT2D eigenvalue weighted by Crippen LogP contribution is -2.08. The van der Waals surface area contributed by atoms with E-state index in [-0.39, 0.29) is 0 Å². The Kier molecular flexibility index (Phi) is 4.25. The molecule has 0 saturated carbocycles. The lowest BCUT2D eigenvalue weighted by atomic mass is 9.94. The molecule has 0 fully saturated rings. The minimum absolute atomic E-state index is 0.541. The van der Waals surface area contributed by atoms with Crippen molar-refractivity contribution in [2.24, 2.45) is 5.16 Å². The van der Waals surface area contributed by atoms with Crippen molar-refractivity contribution in [2.75, 3.05) is 0 Å². The first-order valence-corrected chi connectivity index (χ1v) is 7.13. The molecule has 108 valence electrons. The standard InChI is InChI=1S/C19H16N2O/c22-21-19(17-10-6-12-20-14-17)18-11-5-4-9-16(18)13-15-7-2-1-3-8-15/h1-12,14,22H,13H2. The van der Waals surface area contributed by atoms with Crippen LogP contribution in [0.25, 0.3) is 0 Å². The third kappa shape index (κ3) is 3.04. The van der Waals surface area contributed by atoms with E-state index in [1.807, 2.05) is 48.5 Å². The molecule has 3 heteroatoms. The highest BCUT2D eigenvalue weighted by Crippen LogP contribution is 2.18. The van der Waals surface area contributed by atoms with E-state index in [2.05, 4.69) is 28.3 Å². The summed E-state index contributed by atoms with van der Waals surface area (Å²) in [5.74, 6) is 0. The summed E-state index contributed by atoms with van der Waals surface area (Å²) in [7, 11) is 0. The van der Waals surface area contributed by atoms with Gasteiger partial charge in [-0.05, 0) is 29.7 Å². The number of aromatic nitrogens is 1. The van der Waals surface area contributed by atoms with Crippen LogP contribution in [0.4, 0.5) is 0 Å². The summed E-state index contributed by atoms with van der Waals surface area (Å²) >= 11 is 0. The van der Waals surface area contributed by atoms with Crippen molar-refractivity contribution in [1.82, 2.24) is 4.98 Å². The van der Waals surface area contributed by atoms with Gasteiger partial charge in [0.1, 0.15) is 5.71 Å². The van der Waals surface area contributed by atoms with Crippen molar-refractivity contribution in [3.8, 4) is 0 Å². The first-order chi connectivity index (χ1) is 10.9. The largest absolute Gasteiger partial charge is 0.410 e. The molecule has 1 aromatic heterocycles. The Morgan fingerprint density at radius 2 is 1.68 bits per heavy atom. The molecule has 0 atom stereocenters. The van der Waals surface area contributed by atoms with Gasteiger partial charge >= 0.3 is 0 Å². The lowest BCUT2D eigenvalue weighted by molar-refractivity contribution is 0.319. The maximum absolute atomic E-state index is 9.48. The maximum atomic E-state index is 9.48. The van der Waals surface area contributed by atoms with E-state index in [0.717, 1.165) is 23.1 Å². The Morgan fingerprint density at radius 1 is 0.909 bits per heavy atom. The molecule has 2 aromatic carbocycles. The molecule has 0 aliphatic rings. The first-order valence-electron chi connectivity index (χ1n) is 7.13. The summed E-state index contributed by atoms with van der Waals surface area (Å²) in [6, 6.07) is 22.0. The van der Waals surface area contributed by atoms with E-state index < -0.39 is 0 Å². The molecule has 0 unspecified atom stereocenters. The van der Waals surface area contributed by atoms with Crippen molar-refractivity contribution < 1.29 is 5.21 Å². The summed E-state index contributed by atoms with van der Waals surface area (Å²) in [4.78, 5) is 4.10. The second-order valence-corrected chi connectivity index (χ2v) is 5.01. The van der Waals surface area contributed by atoms with Gasteiger partial charge in [-0.25, -0.2) is 0 Å². The Labute approximate surface area is 129 Å². The van der Waals surface area contributed by atoms with Crippen molar-refractivity contribution >= 4 is 5.71 Å². The van der Waals surface area contributed by atoms with Gasteiger partial charge in [-0.15, -0.1) is 0 Å². The highest BCUT2D eigenvalue weighted by atomic mass is 16.4. The molecule has 3 nitrogen and oxygen atoms in total. The molecule has 0 spiro atoms. The van der Waals surface area contributed by atoms with E-state index in [9.17, 15) is 5.21 Å². The molecular weight excluding hydrogens is 272 g/mol. The van der Waals surface area contributed by atoms with Gasteiger partial charge < -0.3 is 5.21 Å². The molecule has 0 aliphatic carbocycles. The molecule has 0 aliphatic heterocycles. The van der Waals surface area contributed by atoms with Crippen LogP contribution in [0.1, 0.15) is 22.3 Å². The van der Waals surface area contributed by atoms with Crippen LogP contribution in [0, 0.1) is 0 Å². The van der Waals surface area contributed by atoms with Crippen molar-refractivity contribution in [1.29, 1.82) is 0 Å². The van der Waals surface area contributed by atoms with Gasteiger partial charge in [0, 0.05) is 23.5 Å². The van der Waals surface area contributed by atoms with Crippen LogP contribution in [0.3, 0.4) is 0 Å². The molecule has 1 heterocycles. The van der Waals surface area contributed by atoms with Crippen LogP contribution in [-0.4, -0.2) is 15.9 Å². The van der Waals surface area contributed by atoms with Gasteiger partial charge in [0.2, 0.25) is 0 Å². The van der Waals surface area contributed by atoms with Crippen LogP contribution < -0.4 is 0 Å². The molecule has 0 amide bonds. The average molecular weight is 288 g/mol. The molecule has 3 rings (SSSR count). The molecule has 0 saturated heterocycles. The fourth-order valence-corrected chi connectivity index (χ4v) is 2.49. The summed E-state index contributed by atoms with van der Waals surface area (Å²) in [5.41, 5.74) is 4.59. The Bertz CT molecular complexity index is 768. The van der Waals surface area contributed by atoms with Gasteiger partial charge in [0.05, 0.1) is 0 Å². The Morgan fingerprint density at radius 3 is 2.41 bits per heavy atom. The molecule has 0 bridgehead atoms. The van der Waals surface area contributed by atoms with Gasteiger partial charge in [-0.3, -0.25) is 4.98 Å². The number of pyridine rings is 1. The van der Waals surface area contributed by atoms with E-state index in [1.54, 1.807) is 12.4 Å². The Hall–Kier alpha value is -2.94. The van der Waals surface area contributed by atoms with Crippen LogP contribution in [0.5, 0.6) is 0 Å². The summed E-state index contributed by atoms with van der Waals surface area (Å²) in [5, 5.41) is 13.0. The number of hydrogen-bond donors (Lipinski definition) is 1. The van der Waals surface area contributed by atoms with Gasteiger partial charge in [-0.2, -0.15) is 0 Å². The predicted octanol–water partition coefficient (Wildman–Crippen LogP) is 3.90. The number of hydrogen-bond acceptors (Lipinski definition) is 3. The Balaban J connectivity index is 2.01. The van der Waals surface area contributed by atoms with E-state index in [1.165, 1.54) is 5.56 Å². The predicted molar refractivity (Wildman–Crippen MR) is 87.4 cm³/mol. The minimum atomic E-state index is 0.541. The third-order valence-corrected chi connectivity index (χ3v) is 3.54. The number of oxime groups is 1. The number of benzene rings is 2. The second-order valence-electron chi connectivity index (χ2n) is 5.01. The molecule has 1 N–H and O–H groups in total. The summed E-state index contributed by atoms with van der Waals surface area (Å²) in [6.07, 6.45) is 4.19. The van der Waals surface area contributed by atoms with E-state index >= 15 is 0 Å². The molecule has 22 heavy (non-hydrogen) atoms. The van der Waals surface area contributed by atoms with Crippen molar-refractivity contribution in [3.05, 3.63) is 101 Å². The van der Waals surface area contributed by atoms with Crippen LogP contribution >= 0.6 is 0 Å². The highest BCUT2D eigenvalue weighted by molar-refractivity contribution is 6.13. The van der Waals surface area contributed by atoms with Gasteiger partial charge in [-0.1, -0.05) is 59.8 Å². The first kappa shape index (κ1) is 14.0. The summed E-state index contributed by atoms with van der Waals surface area (Å²) in [6.45, 7) is 0. The monoisotopic (exact) mass is 288 g/mol. The topological polar surface area (TPSA) is 45.5 Å². The zero-order chi connectivity index (χ0) is 15.2. The lowest BCUT2D eigenvalue weighted by Gasteiger charge is -2.11. The van der Waals surface area contributed by atoms with Crippen LogP contribution in [0.15, 0.2) is 84.3 Å². The molecule has 0 radical (unpaired) electrons. The van der Waals surface area contributed by atoms with Crippen molar-refractivity contribution in [3.63, 3.8) is 0 Å². The molecule has 3 aromatic rings.